The third-order valence-electron chi connectivity index (χ3n) is 4.43. The fourth-order valence-electron chi connectivity index (χ4n) is 2.85. The van der Waals surface area contributed by atoms with E-state index >= 15 is 0 Å². The van der Waals surface area contributed by atoms with Gasteiger partial charge in [0.1, 0.15) is 11.1 Å². The van der Waals surface area contributed by atoms with Gasteiger partial charge in [0, 0.05) is 18.7 Å². The average molecular weight is 462 g/mol. The fourth-order valence-corrected chi connectivity index (χ4v) is 5.22. The monoisotopic (exact) mass is 461 g/mol. The molecule has 7 nitrogen and oxygen atoms in total. The Morgan fingerprint density at radius 3 is 2.58 bits per heavy atom. The molecule has 0 spiro atoms. The van der Waals surface area contributed by atoms with Crippen LogP contribution in [0.25, 0.3) is 0 Å². The van der Waals surface area contributed by atoms with E-state index in [4.69, 9.17) is 0 Å². The number of hydrogen-bond acceptors (Lipinski definition) is 5. The molecule has 1 atom stereocenters. The first kappa shape index (κ1) is 22.7. The predicted molar refractivity (Wildman–Crippen MR) is 119 cm³/mol. The molecule has 10 heteroatoms. The Kier molecular flexibility index (Phi) is 6.91. The number of aryl methyl sites for hydroxylation is 1. The number of carbonyl (C=O) groups is 2. The maximum Gasteiger partial charge on any atom is 0.284 e. The van der Waals surface area contributed by atoms with Crippen LogP contribution in [0.5, 0.6) is 0 Å². The zero-order valence-corrected chi connectivity index (χ0v) is 18.2. The number of carbonyl (C=O) groups excluding carboxylic acids is 2. The highest BCUT2D eigenvalue weighted by Gasteiger charge is 2.39. The SMILES string of the molecule is C=CCN1C(=O)C(CC(=O)Nc2ccccc2C)S/C1=N/S(=O)(=O)c1ccc(F)cc1. The standard InChI is InChI=1S/C21H20FN3O4S2/c1-3-12-25-20(27)18(13-19(26)23-17-7-5-4-6-14(17)2)30-21(25)24-31(28,29)16-10-8-15(22)9-11-16/h3-11,18H,1,12-13H2,2H3,(H,23,26)/b24-21+. The van der Waals surface area contributed by atoms with Crippen molar-refractivity contribution in [3.05, 3.63) is 72.6 Å². The molecule has 2 aromatic carbocycles. The number of amides is 2. The van der Waals surface area contributed by atoms with Gasteiger partial charge in [-0.15, -0.1) is 11.0 Å². The molecule has 3 rings (SSSR count). The van der Waals surface area contributed by atoms with Gasteiger partial charge in [-0.05, 0) is 42.8 Å². The highest BCUT2D eigenvalue weighted by molar-refractivity contribution is 8.16. The molecule has 1 fully saturated rings. The molecule has 0 bridgehead atoms. The number of rotatable bonds is 7. The lowest BCUT2D eigenvalue weighted by Crippen LogP contribution is -2.34. The van der Waals surface area contributed by atoms with Crippen molar-refractivity contribution < 1.29 is 22.4 Å². The Morgan fingerprint density at radius 1 is 1.26 bits per heavy atom. The quantitative estimate of drug-likeness (QED) is 0.638. The Labute approximate surface area is 184 Å². The molecule has 0 saturated carbocycles. The van der Waals surface area contributed by atoms with Crippen LogP contribution in [0, 0.1) is 12.7 Å². The number of benzene rings is 2. The van der Waals surface area contributed by atoms with Crippen LogP contribution in [0.1, 0.15) is 12.0 Å². The summed E-state index contributed by atoms with van der Waals surface area (Å²) in [5, 5.41) is 1.88. The van der Waals surface area contributed by atoms with Gasteiger partial charge in [0.05, 0.1) is 4.90 Å². The van der Waals surface area contributed by atoms with Crippen molar-refractivity contribution in [2.75, 3.05) is 11.9 Å². The van der Waals surface area contributed by atoms with E-state index in [1.807, 2.05) is 19.1 Å². The van der Waals surface area contributed by atoms with Gasteiger partial charge in [0.25, 0.3) is 10.0 Å². The maximum atomic E-state index is 13.1. The number of halogens is 1. The minimum absolute atomic E-state index is 0.0412. The van der Waals surface area contributed by atoms with Crippen molar-refractivity contribution in [1.82, 2.24) is 4.90 Å². The molecule has 162 valence electrons. The Hall–Kier alpha value is -2.98. The first-order valence-corrected chi connectivity index (χ1v) is 11.6. The molecule has 1 unspecified atom stereocenters. The van der Waals surface area contributed by atoms with Crippen LogP contribution in [-0.4, -0.2) is 42.1 Å². The molecule has 1 saturated heterocycles. The summed E-state index contributed by atoms with van der Waals surface area (Å²) in [4.78, 5) is 26.2. The van der Waals surface area contributed by atoms with Crippen molar-refractivity contribution in [2.24, 2.45) is 4.40 Å². The predicted octanol–water partition coefficient (Wildman–Crippen LogP) is 3.34. The van der Waals surface area contributed by atoms with Crippen LogP contribution < -0.4 is 5.32 Å². The summed E-state index contributed by atoms with van der Waals surface area (Å²) < 4.78 is 42.1. The third kappa shape index (κ3) is 5.39. The van der Waals surface area contributed by atoms with Gasteiger partial charge in [-0.1, -0.05) is 36.0 Å². The molecule has 2 aromatic rings. The first-order chi connectivity index (χ1) is 14.7. The van der Waals surface area contributed by atoms with Gasteiger partial charge in [-0.25, -0.2) is 4.39 Å². The summed E-state index contributed by atoms with van der Waals surface area (Å²) in [6.45, 7) is 5.47. The van der Waals surface area contributed by atoms with E-state index < -0.39 is 27.0 Å². The smallest absolute Gasteiger partial charge is 0.284 e. The van der Waals surface area contributed by atoms with Crippen molar-refractivity contribution in [3.8, 4) is 0 Å². The molecule has 1 heterocycles. The van der Waals surface area contributed by atoms with Crippen LogP contribution >= 0.6 is 11.8 Å². The second kappa shape index (κ2) is 9.44. The van der Waals surface area contributed by atoms with E-state index in [-0.39, 0.29) is 28.9 Å². The summed E-state index contributed by atoms with van der Waals surface area (Å²) in [6.07, 6.45) is 1.29. The van der Waals surface area contributed by atoms with E-state index in [2.05, 4.69) is 16.3 Å². The molecular formula is C21H20FN3O4S2. The molecule has 2 amide bonds. The number of amidine groups is 1. The summed E-state index contributed by atoms with van der Waals surface area (Å²) in [5.74, 6) is -1.38. The molecular weight excluding hydrogens is 441 g/mol. The molecule has 0 aromatic heterocycles. The van der Waals surface area contributed by atoms with Crippen LogP contribution in [0.4, 0.5) is 10.1 Å². The molecule has 1 N–H and O–H groups in total. The Morgan fingerprint density at radius 2 is 1.94 bits per heavy atom. The molecule has 1 aliphatic rings. The highest BCUT2D eigenvalue weighted by atomic mass is 32.2. The number of sulfonamides is 1. The summed E-state index contributed by atoms with van der Waals surface area (Å²) in [5.41, 5.74) is 1.51. The maximum absolute atomic E-state index is 13.1. The van der Waals surface area contributed by atoms with E-state index in [1.165, 1.54) is 11.0 Å². The minimum Gasteiger partial charge on any atom is -0.326 e. The zero-order valence-electron chi connectivity index (χ0n) is 16.6. The highest BCUT2D eigenvalue weighted by Crippen LogP contribution is 2.31. The zero-order chi connectivity index (χ0) is 22.6. The normalized spacial score (nSPS) is 17.7. The van der Waals surface area contributed by atoms with Crippen molar-refractivity contribution in [3.63, 3.8) is 0 Å². The van der Waals surface area contributed by atoms with E-state index in [9.17, 15) is 22.4 Å². The van der Waals surface area contributed by atoms with Gasteiger partial charge in [0.2, 0.25) is 11.8 Å². The molecule has 31 heavy (non-hydrogen) atoms. The topological polar surface area (TPSA) is 95.9 Å². The van der Waals surface area contributed by atoms with Gasteiger partial charge in [-0.3, -0.25) is 14.5 Å². The largest absolute Gasteiger partial charge is 0.326 e. The van der Waals surface area contributed by atoms with Gasteiger partial charge >= 0.3 is 0 Å². The number of para-hydroxylation sites is 1. The van der Waals surface area contributed by atoms with Gasteiger partial charge in [-0.2, -0.15) is 8.42 Å². The van der Waals surface area contributed by atoms with Crippen molar-refractivity contribution in [1.29, 1.82) is 0 Å². The Bertz CT molecular complexity index is 1150. The van der Waals surface area contributed by atoms with E-state index in [0.717, 1.165) is 41.6 Å². The molecule has 0 aliphatic carbocycles. The molecule has 0 radical (unpaired) electrons. The minimum atomic E-state index is -4.17. The lowest BCUT2D eigenvalue weighted by atomic mass is 10.2. The number of anilines is 1. The number of hydrogen-bond donors (Lipinski definition) is 1. The van der Waals surface area contributed by atoms with Gasteiger partial charge < -0.3 is 5.32 Å². The Balaban J connectivity index is 1.80. The van der Waals surface area contributed by atoms with Crippen molar-refractivity contribution >= 4 is 44.5 Å². The van der Waals surface area contributed by atoms with Crippen LogP contribution in [0.2, 0.25) is 0 Å². The average Bonchev–Trinajstić information content (AvgIpc) is 2.98. The van der Waals surface area contributed by atoms with Crippen LogP contribution in [-0.2, 0) is 19.6 Å². The molecule has 1 aliphatic heterocycles. The second-order valence-electron chi connectivity index (χ2n) is 6.71. The number of thioether (sulfide) groups is 1. The summed E-state index contributed by atoms with van der Waals surface area (Å²) in [7, 11) is -4.17. The van der Waals surface area contributed by atoms with E-state index in [1.54, 1.807) is 12.1 Å². The fraction of sp³-hybridized carbons (Fsp3) is 0.190. The first-order valence-electron chi connectivity index (χ1n) is 9.26. The van der Waals surface area contributed by atoms with Crippen LogP contribution in [0.3, 0.4) is 0 Å². The van der Waals surface area contributed by atoms with Crippen LogP contribution in [0.15, 0.2) is 70.5 Å². The number of nitrogens with one attached hydrogen (secondary N) is 1. The van der Waals surface area contributed by atoms with E-state index in [0.29, 0.717) is 5.69 Å². The summed E-state index contributed by atoms with van der Waals surface area (Å²) >= 11 is 0.899. The number of nitrogens with zero attached hydrogens (tertiary/aromatic N) is 2. The lowest BCUT2D eigenvalue weighted by Gasteiger charge is -2.14. The summed E-state index contributed by atoms with van der Waals surface area (Å²) in [6, 6.07) is 11.5. The third-order valence-corrected chi connectivity index (χ3v) is 7.00. The lowest BCUT2D eigenvalue weighted by molar-refractivity contribution is -0.127. The van der Waals surface area contributed by atoms with Crippen molar-refractivity contribution in [2.45, 2.75) is 23.5 Å². The van der Waals surface area contributed by atoms with Gasteiger partial charge in [0.15, 0.2) is 5.17 Å². The second-order valence-corrected chi connectivity index (χ2v) is 9.49.